The van der Waals surface area contributed by atoms with Crippen molar-refractivity contribution in [3.05, 3.63) is 0 Å². The van der Waals surface area contributed by atoms with Gasteiger partial charge in [-0.2, -0.15) is 0 Å². The van der Waals surface area contributed by atoms with Crippen molar-refractivity contribution >= 4 is 5.97 Å². The Hall–Kier alpha value is -0.710. The normalized spacial score (nSPS) is 21.9. The Bertz CT molecular complexity index is 217. The summed E-state index contributed by atoms with van der Waals surface area (Å²) in [6, 6.07) is 0. The van der Waals surface area contributed by atoms with Gasteiger partial charge in [-0.05, 0) is 19.8 Å². The molecule has 0 aromatic heterocycles. The topological polar surface area (TPSA) is 46.5 Å². The van der Waals surface area contributed by atoms with Crippen LogP contribution in [0.25, 0.3) is 0 Å². The summed E-state index contributed by atoms with van der Waals surface area (Å²) in [5, 5.41) is 8.96. The van der Waals surface area contributed by atoms with Crippen molar-refractivity contribution < 1.29 is 23.4 Å². The van der Waals surface area contributed by atoms with E-state index in [4.69, 9.17) is 9.84 Å². The number of carboxylic acids is 1. The lowest BCUT2D eigenvalue weighted by atomic mass is 9.76. The van der Waals surface area contributed by atoms with Gasteiger partial charge in [-0.15, -0.1) is 0 Å². The second-order valence-corrected chi connectivity index (χ2v) is 3.94. The third-order valence-electron chi connectivity index (χ3n) is 2.55. The SMILES string of the molecule is CC(F)(F)CC1(C(=O)O)CCOCC1. The Kier molecular flexibility index (Phi) is 3.09. The summed E-state index contributed by atoms with van der Waals surface area (Å²) in [6.45, 7) is 1.26. The molecule has 0 amide bonds. The summed E-state index contributed by atoms with van der Waals surface area (Å²) in [4.78, 5) is 11.0. The van der Waals surface area contributed by atoms with Crippen LogP contribution in [0.2, 0.25) is 0 Å². The summed E-state index contributed by atoms with van der Waals surface area (Å²) in [7, 11) is 0. The van der Waals surface area contributed by atoms with E-state index in [2.05, 4.69) is 0 Å². The number of rotatable bonds is 3. The van der Waals surface area contributed by atoms with Crippen molar-refractivity contribution in [3.8, 4) is 0 Å². The number of ether oxygens (including phenoxy) is 1. The zero-order valence-electron chi connectivity index (χ0n) is 8.06. The van der Waals surface area contributed by atoms with Gasteiger partial charge in [0.05, 0.1) is 5.41 Å². The van der Waals surface area contributed by atoms with Gasteiger partial charge >= 0.3 is 5.97 Å². The van der Waals surface area contributed by atoms with Crippen molar-refractivity contribution in [2.75, 3.05) is 13.2 Å². The molecule has 1 saturated heterocycles. The second kappa shape index (κ2) is 3.81. The molecule has 82 valence electrons. The van der Waals surface area contributed by atoms with Gasteiger partial charge in [0.25, 0.3) is 0 Å². The highest BCUT2D eigenvalue weighted by molar-refractivity contribution is 5.74. The van der Waals surface area contributed by atoms with Gasteiger partial charge in [-0.3, -0.25) is 4.79 Å². The minimum absolute atomic E-state index is 0.172. The molecule has 0 spiro atoms. The fourth-order valence-corrected chi connectivity index (χ4v) is 1.82. The molecule has 14 heavy (non-hydrogen) atoms. The van der Waals surface area contributed by atoms with Crippen LogP contribution >= 0.6 is 0 Å². The zero-order valence-corrected chi connectivity index (χ0v) is 8.06. The predicted molar refractivity (Wildman–Crippen MR) is 45.4 cm³/mol. The first-order valence-corrected chi connectivity index (χ1v) is 4.55. The lowest BCUT2D eigenvalue weighted by Gasteiger charge is -2.34. The molecule has 1 heterocycles. The van der Waals surface area contributed by atoms with E-state index in [-0.39, 0.29) is 26.1 Å². The van der Waals surface area contributed by atoms with Crippen molar-refractivity contribution in [1.82, 2.24) is 0 Å². The molecular formula is C9H14F2O3. The Morgan fingerprint density at radius 3 is 2.36 bits per heavy atom. The minimum Gasteiger partial charge on any atom is -0.481 e. The number of carbonyl (C=O) groups is 1. The largest absolute Gasteiger partial charge is 0.481 e. The number of alkyl halides is 2. The number of halogens is 2. The molecule has 0 aliphatic carbocycles. The van der Waals surface area contributed by atoms with E-state index in [1.54, 1.807) is 0 Å². The molecule has 1 aliphatic rings. The number of hydrogen-bond donors (Lipinski definition) is 1. The van der Waals surface area contributed by atoms with Crippen LogP contribution in [0.5, 0.6) is 0 Å². The smallest absolute Gasteiger partial charge is 0.310 e. The van der Waals surface area contributed by atoms with E-state index in [1.807, 2.05) is 0 Å². The van der Waals surface area contributed by atoms with E-state index < -0.39 is 23.7 Å². The van der Waals surface area contributed by atoms with Crippen LogP contribution < -0.4 is 0 Å². The van der Waals surface area contributed by atoms with E-state index in [9.17, 15) is 13.6 Å². The van der Waals surface area contributed by atoms with Crippen LogP contribution in [0.3, 0.4) is 0 Å². The molecule has 3 nitrogen and oxygen atoms in total. The van der Waals surface area contributed by atoms with Gasteiger partial charge in [0.2, 0.25) is 5.92 Å². The zero-order chi connectivity index (χ0) is 10.8. The summed E-state index contributed by atoms with van der Waals surface area (Å²) in [5.74, 6) is -4.07. The van der Waals surface area contributed by atoms with Gasteiger partial charge in [0, 0.05) is 19.6 Å². The Balaban J connectivity index is 2.76. The Morgan fingerprint density at radius 1 is 1.50 bits per heavy atom. The van der Waals surface area contributed by atoms with Crippen LogP contribution in [0.4, 0.5) is 8.78 Å². The number of hydrogen-bond acceptors (Lipinski definition) is 2. The first kappa shape index (κ1) is 11.4. The Morgan fingerprint density at radius 2 is 2.00 bits per heavy atom. The molecule has 1 N–H and O–H groups in total. The molecule has 0 atom stereocenters. The average molecular weight is 208 g/mol. The van der Waals surface area contributed by atoms with Crippen LogP contribution in [-0.2, 0) is 9.53 Å². The molecular weight excluding hydrogens is 194 g/mol. The van der Waals surface area contributed by atoms with Gasteiger partial charge in [-0.1, -0.05) is 0 Å². The molecule has 0 bridgehead atoms. The van der Waals surface area contributed by atoms with Gasteiger partial charge in [0.15, 0.2) is 0 Å². The third-order valence-corrected chi connectivity index (χ3v) is 2.55. The predicted octanol–water partition coefficient (Wildman–Crippen LogP) is 1.91. The Labute approximate surface area is 81.1 Å². The molecule has 1 fully saturated rings. The lowest BCUT2D eigenvalue weighted by Crippen LogP contribution is -2.41. The van der Waals surface area contributed by atoms with Crippen molar-refractivity contribution in [1.29, 1.82) is 0 Å². The van der Waals surface area contributed by atoms with E-state index in [0.717, 1.165) is 6.92 Å². The molecule has 1 rings (SSSR count). The maximum Gasteiger partial charge on any atom is 0.310 e. The van der Waals surface area contributed by atoms with Crippen LogP contribution in [0, 0.1) is 5.41 Å². The number of carboxylic acid groups (broad SMARTS) is 1. The highest BCUT2D eigenvalue weighted by Crippen LogP contribution is 2.40. The first-order valence-electron chi connectivity index (χ1n) is 4.55. The summed E-state index contributed by atoms with van der Waals surface area (Å²) in [6.07, 6.45) is -0.254. The summed E-state index contributed by atoms with van der Waals surface area (Å²) >= 11 is 0. The molecule has 5 heteroatoms. The monoisotopic (exact) mass is 208 g/mol. The number of aliphatic carboxylic acids is 1. The summed E-state index contributed by atoms with van der Waals surface area (Å²) in [5.41, 5.74) is -1.30. The quantitative estimate of drug-likeness (QED) is 0.770. The van der Waals surface area contributed by atoms with Crippen molar-refractivity contribution in [2.45, 2.75) is 32.1 Å². The van der Waals surface area contributed by atoms with E-state index in [1.165, 1.54) is 0 Å². The molecule has 0 radical (unpaired) electrons. The van der Waals surface area contributed by atoms with Crippen LogP contribution in [0.1, 0.15) is 26.2 Å². The van der Waals surface area contributed by atoms with E-state index in [0.29, 0.717) is 0 Å². The maximum absolute atomic E-state index is 12.8. The highest BCUT2D eigenvalue weighted by atomic mass is 19.3. The molecule has 0 aromatic rings. The van der Waals surface area contributed by atoms with Crippen molar-refractivity contribution in [3.63, 3.8) is 0 Å². The third kappa shape index (κ3) is 2.64. The minimum atomic E-state index is -2.93. The average Bonchev–Trinajstić information content (AvgIpc) is 2.02. The van der Waals surface area contributed by atoms with Crippen LogP contribution in [-0.4, -0.2) is 30.2 Å². The molecule has 1 aliphatic heterocycles. The maximum atomic E-state index is 12.8. The van der Waals surface area contributed by atoms with Crippen LogP contribution in [0.15, 0.2) is 0 Å². The first-order chi connectivity index (χ1) is 6.36. The summed E-state index contributed by atoms with van der Waals surface area (Å²) < 4.78 is 30.6. The van der Waals surface area contributed by atoms with Gasteiger partial charge in [0.1, 0.15) is 0 Å². The fraction of sp³-hybridized carbons (Fsp3) is 0.889. The molecule has 0 saturated carbocycles. The van der Waals surface area contributed by atoms with E-state index >= 15 is 0 Å². The standard InChI is InChI=1S/C9H14F2O3/c1-8(10,11)6-9(7(12)13)2-4-14-5-3-9/h2-6H2,1H3,(H,12,13). The van der Waals surface area contributed by atoms with Crippen molar-refractivity contribution in [2.24, 2.45) is 5.41 Å². The molecule has 0 aromatic carbocycles. The van der Waals surface area contributed by atoms with Gasteiger partial charge < -0.3 is 9.84 Å². The van der Waals surface area contributed by atoms with Gasteiger partial charge in [-0.25, -0.2) is 8.78 Å². The highest BCUT2D eigenvalue weighted by Gasteiger charge is 2.46. The second-order valence-electron chi connectivity index (χ2n) is 3.94. The molecule has 0 unspecified atom stereocenters. The lowest BCUT2D eigenvalue weighted by molar-refractivity contribution is -0.162. The fourth-order valence-electron chi connectivity index (χ4n) is 1.82.